The van der Waals surface area contributed by atoms with Gasteiger partial charge in [-0.1, -0.05) is 23.8 Å². The van der Waals surface area contributed by atoms with Gasteiger partial charge >= 0.3 is 5.97 Å². The summed E-state index contributed by atoms with van der Waals surface area (Å²) in [6.45, 7) is -0.300. The van der Waals surface area contributed by atoms with Crippen LogP contribution in [0, 0.1) is 0 Å². The minimum Gasteiger partial charge on any atom is -0.454 e. The van der Waals surface area contributed by atoms with E-state index in [-0.39, 0.29) is 11.5 Å². The molecule has 7 heteroatoms. The Morgan fingerprint density at radius 3 is 2.74 bits per heavy atom. The lowest BCUT2D eigenvalue weighted by atomic mass is 9.97. The van der Waals surface area contributed by atoms with Crippen molar-refractivity contribution in [1.82, 2.24) is 5.32 Å². The Hall–Kier alpha value is -2.96. The summed E-state index contributed by atoms with van der Waals surface area (Å²) >= 11 is 0. The van der Waals surface area contributed by atoms with E-state index in [0.717, 1.165) is 24.2 Å². The van der Waals surface area contributed by atoms with Gasteiger partial charge in [0.15, 0.2) is 6.61 Å². The first kappa shape index (κ1) is 18.8. The van der Waals surface area contributed by atoms with E-state index in [4.69, 9.17) is 4.74 Å². The summed E-state index contributed by atoms with van der Waals surface area (Å²) in [6, 6.07) is 6.46. The number of hydrogen-bond acceptors (Lipinski definition) is 5. The van der Waals surface area contributed by atoms with Crippen molar-refractivity contribution >= 4 is 29.3 Å². The Balaban J connectivity index is 1.42. The van der Waals surface area contributed by atoms with Crippen LogP contribution in [0.2, 0.25) is 0 Å². The number of allylic oxidation sites excluding steroid dienone is 1. The SMILES string of the molecule is O=C(COC(=O)CN1C(=O)C(=O)c2ccccc21)NCCC1=CCCCC1. The summed E-state index contributed by atoms with van der Waals surface area (Å²) in [5.74, 6) is -2.53. The lowest BCUT2D eigenvalue weighted by Gasteiger charge is -2.15. The Kier molecular flexibility index (Phi) is 6.01. The number of ketones is 1. The Morgan fingerprint density at radius 2 is 1.96 bits per heavy atom. The highest BCUT2D eigenvalue weighted by Crippen LogP contribution is 2.28. The highest BCUT2D eigenvalue weighted by Gasteiger charge is 2.36. The maximum absolute atomic E-state index is 12.0. The number of amides is 2. The molecule has 0 saturated heterocycles. The van der Waals surface area contributed by atoms with Crippen molar-refractivity contribution in [3.63, 3.8) is 0 Å². The molecule has 0 radical (unpaired) electrons. The van der Waals surface area contributed by atoms with Gasteiger partial charge in [-0.2, -0.15) is 0 Å². The van der Waals surface area contributed by atoms with Crippen LogP contribution >= 0.6 is 0 Å². The zero-order valence-corrected chi connectivity index (χ0v) is 15.0. The van der Waals surface area contributed by atoms with Crippen LogP contribution in [0.5, 0.6) is 0 Å². The molecule has 0 bridgehead atoms. The predicted octanol–water partition coefficient (Wildman–Crippen LogP) is 1.77. The topological polar surface area (TPSA) is 92.8 Å². The quantitative estimate of drug-likeness (QED) is 0.449. The third-order valence-electron chi connectivity index (χ3n) is 4.68. The molecule has 0 fully saturated rings. The number of Topliss-reactive ketones (excluding diaryl/α,β-unsaturated/α-hetero) is 1. The van der Waals surface area contributed by atoms with Crippen LogP contribution in [0.25, 0.3) is 0 Å². The molecule has 0 saturated carbocycles. The first-order valence-electron chi connectivity index (χ1n) is 9.11. The van der Waals surface area contributed by atoms with Gasteiger partial charge in [-0.3, -0.25) is 24.1 Å². The molecule has 0 unspecified atom stereocenters. The number of ether oxygens (including phenoxy) is 1. The average molecular weight is 370 g/mol. The van der Waals surface area contributed by atoms with Crippen LogP contribution in [-0.4, -0.2) is 43.3 Å². The summed E-state index contributed by atoms with van der Waals surface area (Å²) in [7, 11) is 0. The molecular weight excluding hydrogens is 348 g/mol. The van der Waals surface area contributed by atoms with Gasteiger partial charge in [0.1, 0.15) is 6.54 Å². The van der Waals surface area contributed by atoms with Crippen molar-refractivity contribution in [2.24, 2.45) is 0 Å². The minimum atomic E-state index is -0.765. The average Bonchev–Trinajstić information content (AvgIpc) is 2.92. The number of nitrogens with zero attached hydrogens (tertiary/aromatic N) is 1. The van der Waals surface area contributed by atoms with E-state index in [1.165, 1.54) is 24.5 Å². The van der Waals surface area contributed by atoms with E-state index in [1.807, 2.05) is 0 Å². The molecule has 7 nitrogen and oxygen atoms in total. The van der Waals surface area contributed by atoms with Crippen molar-refractivity contribution in [2.45, 2.75) is 32.1 Å². The smallest absolute Gasteiger partial charge is 0.326 e. The number of hydrogen-bond donors (Lipinski definition) is 1. The van der Waals surface area contributed by atoms with Crippen LogP contribution < -0.4 is 10.2 Å². The molecule has 2 aliphatic rings. The fraction of sp³-hybridized carbons (Fsp3) is 0.400. The van der Waals surface area contributed by atoms with Crippen LogP contribution in [0.15, 0.2) is 35.9 Å². The molecule has 0 spiro atoms. The highest BCUT2D eigenvalue weighted by atomic mass is 16.5. The highest BCUT2D eigenvalue weighted by molar-refractivity contribution is 6.52. The van der Waals surface area contributed by atoms with Crippen LogP contribution in [0.3, 0.4) is 0 Å². The normalized spacial score (nSPS) is 16.0. The number of rotatable bonds is 7. The van der Waals surface area contributed by atoms with Crippen molar-refractivity contribution < 1.29 is 23.9 Å². The largest absolute Gasteiger partial charge is 0.454 e. The van der Waals surface area contributed by atoms with E-state index in [2.05, 4.69) is 11.4 Å². The molecule has 2 amide bonds. The van der Waals surface area contributed by atoms with Gasteiger partial charge in [-0.05, 0) is 44.2 Å². The molecule has 1 aliphatic heterocycles. The number of anilines is 1. The molecule has 0 aromatic heterocycles. The molecule has 1 aromatic carbocycles. The van der Waals surface area contributed by atoms with Gasteiger partial charge in [0.2, 0.25) is 0 Å². The summed E-state index contributed by atoms with van der Waals surface area (Å²) in [5.41, 5.74) is 2.01. The summed E-state index contributed by atoms with van der Waals surface area (Å²) in [5, 5.41) is 2.72. The van der Waals surface area contributed by atoms with Crippen LogP contribution in [0.1, 0.15) is 42.5 Å². The van der Waals surface area contributed by atoms with Gasteiger partial charge < -0.3 is 10.1 Å². The van der Waals surface area contributed by atoms with E-state index < -0.39 is 30.8 Å². The number of para-hydroxylation sites is 1. The number of esters is 1. The van der Waals surface area contributed by atoms with Crippen LogP contribution in [-0.2, 0) is 19.1 Å². The maximum Gasteiger partial charge on any atom is 0.326 e. The lowest BCUT2D eigenvalue weighted by Crippen LogP contribution is -2.37. The van der Waals surface area contributed by atoms with Gasteiger partial charge in [0, 0.05) is 6.54 Å². The third kappa shape index (κ3) is 4.61. The Bertz CT molecular complexity index is 799. The van der Waals surface area contributed by atoms with Crippen molar-refractivity contribution in [3.05, 3.63) is 41.5 Å². The number of benzene rings is 1. The monoisotopic (exact) mass is 370 g/mol. The Labute approximate surface area is 157 Å². The lowest BCUT2D eigenvalue weighted by molar-refractivity contribution is -0.147. The van der Waals surface area contributed by atoms with Gasteiger partial charge in [-0.15, -0.1) is 0 Å². The number of nitrogens with one attached hydrogen (secondary N) is 1. The van der Waals surface area contributed by atoms with E-state index in [9.17, 15) is 19.2 Å². The molecule has 1 N–H and O–H groups in total. The molecule has 142 valence electrons. The first-order chi connectivity index (χ1) is 13.1. The third-order valence-corrected chi connectivity index (χ3v) is 4.68. The van der Waals surface area contributed by atoms with Crippen molar-refractivity contribution in [1.29, 1.82) is 0 Å². The van der Waals surface area contributed by atoms with Gasteiger partial charge in [0.25, 0.3) is 17.6 Å². The number of carbonyl (C=O) groups excluding carboxylic acids is 4. The number of fused-ring (bicyclic) bond motifs is 1. The standard InChI is InChI=1S/C20H22N2O5/c23-17(21-11-10-14-6-2-1-3-7-14)13-27-18(24)12-22-16-9-5-4-8-15(16)19(25)20(22)26/h4-6,8-9H,1-3,7,10-13H2,(H,21,23). The second-order valence-electron chi connectivity index (χ2n) is 6.61. The van der Waals surface area contributed by atoms with Crippen molar-refractivity contribution in [3.8, 4) is 0 Å². The molecule has 1 heterocycles. The molecule has 27 heavy (non-hydrogen) atoms. The summed E-state index contributed by atoms with van der Waals surface area (Å²) in [6.07, 6.45) is 7.62. The van der Waals surface area contributed by atoms with Crippen molar-refractivity contribution in [2.75, 3.05) is 24.6 Å². The molecule has 1 aromatic rings. The summed E-state index contributed by atoms with van der Waals surface area (Å²) in [4.78, 5) is 48.7. The molecule has 0 atom stereocenters. The summed E-state index contributed by atoms with van der Waals surface area (Å²) < 4.78 is 4.94. The predicted molar refractivity (Wildman–Crippen MR) is 98.3 cm³/mol. The van der Waals surface area contributed by atoms with E-state index >= 15 is 0 Å². The molecular formula is C20H22N2O5. The maximum atomic E-state index is 12.0. The Morgan fingerprint density at radius 1 is 1.15 bits per heavy atom. The second-order valence-corrected chi connectivity index (χ2v) is 6.61. The van der Waals surface area contributed by atoms with Gasteiger partial charge in [0.05, 0.1) is 11.3 Å². The molecule has 1 aliphatic carbocycles. The zero-order valence-electron chi connectivity index (χ0n) is 15.0. The second kappa shape index (κ2) is 8.62. The van der Waals surface area contributed by atoms with E-state index in [0.29, 0.717) is 12.2 Å². The van der Waals surface area contributed by atoms with E-state index in [1.54, 1.807) is 18.2 Å². The fourth-order valence-corrected chi connectivity index (χ4v) is 3.27. The van der Waals surface area contributed by atoms with Gasteiger partial charge in [-0.25, -0.2) is 0 Å². The van der Waals surface area contributed by atoms with Crippen LogP contribution in [0.4, 0.5) is 5.69 Å². The molecule has 3 rings (SSSR count). The fourth-order valence-electron chi connectivity index (χ4n) is 3.27. The number of carbonyl (C=O) groups is 4. The zero-order chi connectivity index (χ0) is 19.2. The first-order valence-corrected chi connectivity index (χ1v) is 9.11. The minimum absolute atomic E-state index is 0.269.